The lowest BCUT2D eigenvalue weighted by molar-refractivity contribution is -0.122. The van der Waals surface area contributed by atoms with E-state index in [1.165, 1.54) is 6.42 Å². The molecule has 2 aromatic heterocycles. The number of imidazole rings is 1. The van der Waals surface area contributed by atoms with Gasteiger partial charge in [-0.2, -0.15) is 4.98 Å². The van der Waals surface area contributed by atoms with E-state index in [1.54, 1.807) is 10.8 Å². The van der Waals surface area contributed by atoms with E-state index in [9.17, 15) is 18.0 Å². The minimum absolute atomic E-state index is 0.0601. The SMILES string of the molecule is O=C1CCC(n2c(Nc3c(F)cc(F)cc3F)nc3cnc(NC4CCCCC4)nc32)CN1. The van der Waals surface area contributed by atoms with Crippen LogP contribution in [0.1, 0.15) is 51.0 Å². The molecule has 174 valence electrons. The molecule has 3 aromatic rings. The zero-order valence-electron chi connectivity index (χ0n) is 17.9. The number of fused-ring (bicyclic) bond motifs is 1. The highest BCUT2D eigenvalue weighted by molar-refractivity contribution is 5.78. The first-order chi connectivity index (χ1) is 16.0. The number of rotatable bonds is 5. The molecule has 0 bridgehead atoms. The van der Waals surface area contributed by atoms with Crippen molar-refractivity contribution >= 4 is 34.7 Å². The topological polar surface area (TPSA) is 96.8 Å². The molecule has 1 aliphatic heterocycles. The summed E-state index contributed by atoms with van der Waals surface area (Å²) in [7, 11) is 0. The van der Waals surface area contributed by atoms with Gasteiger partial charge in [0.2, 0.25) is 17.8 Å². The Morgan fingerprint density at radius 3 is 2.48 bits per heavy atom. The first-order valence-corrected chi connectivity index (χ1v) is 11.2. The van der Waals surface area contributed by atoms with Gasteiger partial charge in [-0.05, 0) is 19.3 Å². The van der Waals surface area contributed by atoms with Crippen molar-refractivity contribution in [1.82, 2.24) is 24.8 Å². The molecule has 33 heavy (non-hydrogen) atoms. The average molecular weight is 459 g/mol. The Labute approximate surface area is 188 Å². The fourth-order valence-electron chi connectivity index (χ4n) is 4.54. The molecule has 1 atom stereocenters. The van der Waals surface area contributed by atoms with Crippen LogP contribution in [0.4, 0.5) is 30.8 Å². The van der Waals surface area contributed by atoms with Crippen LogP contribution in [0.15, 0.2) is 18.3 Å². The predicted octanol–water partition coefficient (Wildman–Crippen LogP) is 4.18. The Kier molecular flexibility index (Phi) is 5.77. The van der Waals surface area contributed by atoms with E-state index in [0.717, 1.165) is 25.7 Å². The number of aromatic nitrogens is 4. The molecular weight excluding hydrogens is 435 g/mol. The van der Waals surface area contributed by atoms with Gasteiger partial charge < -0.3 is 16.0 Å². The van der Waals surface area contributed by atoms with Crippen molar-refractivity contribution in [1.29, 1.82) is 0 Å². The monoisotopic (exact) mass is 459 g/mol. The first kappa shape index (κ1) is 21.5. The molecule has 0 radical (unpaired) electrons. The molecule has 3 N–H and O–H groups in total. The van der Waals surface area contributed by atoms with Crippen molar-refractivity contribution in [3.8, 4) is 0 Å². The fourth-order valence-corrected chi connectivity index (χ4v) is 4.54. The number of carbonyl (C=O) groups excluding carboxylic acids is 1. The Bertz CT molecular complexity index is 1160. The molecule has 2 aliphatic rings. The third-order valence-corrected chi connectivity index (χ3v) is 6.22. The molecule has 1 unspecified atom stereocenters. The van der Waals surface area contributed by atoms with E-state index in [-0.39, 0.29) is 17.9 Å². The van der Waals surface area contributed by atoms with Gasteiger partial charge in [0.05, 0.1) is 12.2 Å². The number of anilines is 3. The minimum atomic E-state index is -1.08. The Morgan fingerprint density at radius 1 is 1.03 bits per heavy atom. The molecule has 0 spiro atoms. The van der Waals surface area contributed by atoms with Gasteiger partial charge in [-0.3, -0.25) is 9.36 Å². The standard InChI is InChI=1S/C22H24F3N7O/c23-12-8-15(24)19(16(25)9-12)30-22-29-17-11-27-21(28-13-4-2-1-3-5-13)31-20(17)32(22)14-6-7-18(33)26-10-14/h8-9,11,13-14H,1-7,10H2,(H,26,33)(H,29,30)(H,27,28,31). The Morgan fingerprint density at radius 2 is 1.79 bits per heavy atom. The highest BCUT2D eigenvalue weighted by Gasteiger charge is 2.27. The summed E-state index contributed by atoms with van der Waals surface area (Å²) in [5, 5.41) is 8.86. The van der Waals surface area contributed by atoms with E-state index >= 15 is 0 Å². The number of amides is 1. The maximum atomic E-state index is 14.3. The van der Waals surface area contributed by atoms with E-state index < -0.39 is 23.1 Å². The summed E-state index contributed by atoms with van der Waals surface area (Å²) in [5.74, 6) is -2.62. The quantitative estimate of drug-likeness (QED) is 0.530. The zero-order valence-corrected chi connectivity index (χ0v) is 17.9. The maximum Gasteiger partial charge on any atom is 0.224 e. The number of piperidine rings is 1. The average Bonchev–Trinajstić information content (AvgIpc) is 3.15. The van der Waals surface area contributed by atoms with E-state index in [4.69, 9.17) is 0 Å². The van der Waals surface area contributed by atoms with Gasteiger partial charge in [-0.15, -0.1) is 0 Å². The van der Waals surface area contributed by atoms with Crippen molar-refractivity contribution in [2.75, 3.05) is 17.2 Å². The summed E-state index contributed by atoms with van der Waals surface area (Å²) in [6.45, 7) is 0.322. The maximum absolute atomic E-state index is 14.3. The predicted molar refractivity (Wildman–Crippen MR) is 117 cm³/mol. The molecule has 5 rings (SSSR count). The molecule has 1 aromatic carbocycles. The van der Waals surface area contributed by atoms with E-state index in [1.807, 2.05) is 0 Å². The summed E-state index contributed by atoms with van der Waals surface area (Å²) in [6, 6.07) is 1.26. The second kappa shape index (κ2) is 8.87. The molecule has 8 nitrogen and oxygen atoms in total. The van der Waals surface area contributed by atoms with Crippen molar-refractivity contribution in [3.63, 3.8) is 0 Å². The molecule has 11 heteroatoms. The third-order valence-electron chi connectivity index (χ3n) is 6.22. The van der Waals surface area contributed by atoms with Gasteiger partial charge in [0.1, 0.15) is 17.0 Å². The van der Waals surface area contributed by atoms with Crippen LogP contribution in [0.2, 0.25) is 0 Å². The lowest BCUT2D eigenvalue weighted by Crippen LogP contribution is -2.36. The van der Waals surface area contributed by atoms with Gasteiger partial charge in [-0.1, -0.05) is 19.3 Å². The molecular formula is C22H24F3N7O. The largest absolute Gasteiger partial charge is 0.354 e. The number of nitrogens with one attached hydrogen (secondary N) is 3. The molecule has 1 aliphatic carbocycles. The summed E-state index contributed by atoms with van der Waals surface area (Å²) < 4.78 is 43.7. The summed E-state index contributed by atoms with van der Waals surface area (Å²) >= 11 is 0. The van der Waals surface area contributed by atoms with Gasteiger partial charge in [0.15, 0.2) is 17.3 Å². The van der Waals surface area contributed by atoms with E-state index in [2.05, 4.69) is 30.9 Å². The summed E-state index contributed by atoms with van der Waals surface area (Å²) in [4.78, 5) is 25.2. The van der Waals surface area contributed by atoms with Crippen LogP contribution in [-0.2, 0) is 4.79 Å². The van der Waals surface area contributed by atoms with Gasteiger partial charge in [0.25, 0.3) is 0 Å². The van der Waals surface area contributed by atoms with Crippen LogP contribution < -0.4 is 16.0 Å². The lowest BCUT2D eigenvalue weighted by atomic mass is 9.96. The van der Waals surface area contributed by atoms with Gasteiger partial charge in [0, 0.05) is 31.1 Å². The fraction of sp³-hybridized carbons (Fsp3) is 0.455. The van der Waals surface area contributed by atoms with Crippen LogP contribution in [-0.4, -0.2) is 38.0 Å². The van der Waals surface area contributed by atoms with Crippen molar-refractivity contribution in [2.24, 2.45) is 0 Å². The number of halogens is 3. The van der Waals surface area contributed by atoms with Crippen LogP contribution in [0.25, 0.3) is 11.2 Å². The van der Waals surface area contributed by atoms with Crippen LogP contribution >= 0.6 is 0 Å². The number of carbonyl (C=O) groups is 1. The Hall–Kier alpha value is -3.37. The smallest absolute Gasteiger partial charge is 0.224 e. The summed E-state index contributed by atoms with van der Waals surface area (Å²) in [6.07, 6.45) is 8.01. The number of hydrogen-bond acceptors (Lipinski definition) is 6. The van der Waals surface area contributed by atoms with Crippen LogP contribution in [0.3, 0.4) is 0 Å². The van der Waals surface area contributed by atoms with Crippen LogP contribution in [0.5, 0.6) is 0 Å². The van der Waals surface area contributed by atoms with Crippen LogP contribution in [0, 0.1) is 17.5 Å². The summed E-state index contributed by atoms with van der Waals surface area (Å²) in [5.41, 5.74) is 0.405. The molecule has 1 saturated carbocycles. The number of benzene rings is 1. The molecule has 3 heterocycles. The molecule has 1 amide bonds. The normalized spacial score (nSPS) is 19.5. The second-order valence-corrected chi connectivity index (χ2v) is 8.55. The number of nitrogens with zero attached hydrogens (tertiary/aromatic N) is 4. The van der Waals surface area contributed by atoms with Crippen molar-refractivity contribution in [2.45, 2.75) is 57.0 Å². The van der Waals surface area contributed by atoms with Gasteiger partial charge in [-0.25, -0.2) is 23.1 Å². The highest BCUT2D eigenvalue weighted by atomic mass is 19.1. The second-order valence-electron chi connectivity index (χ2n) is 8.55. The minimum Gasteiger partial charge on any atom is -0.354 e. The van der Waals surface area contributed by atoms with Crippen molar-refractivity contribution < 1.29 is 18.0 Å². The zero-order chi connectivity index (χ0) is 22.9. The molecule has 2 fully saturated rings. The molecule has 1 saturated heterocycles. The lowest BCUT2D eigenvalue weighted by Gasteiger charge is -2.26. The van der Waals surface area contributed by atoms with Crippen molar-refractivity contribution in [3.05, 3.63) is 35.8 Å². The Balaban J connectivity index is 1.54. The third kappa shape index (κ3) is 4.44. The first-order valence-electron chi connectivity index (χ1n) is 11.2. The van der Waals surface area contributed by atoms with Gasteiger partial charge >= 0.3 is 0 Å². The number of hydrogen-bond donors (Lipinski definition) is 3. The highest BCUT2D eigenvalue weighted by Crippen LogP contribution is 2.32. The van der Waals surface area contributed by atoms with E-state index in [0.29, 0.717) is 54.7 Å².